The van der Waals surface area contributed by atoms with E-state index >= 15 is 0 Å². The first-order chi connectivity index (χ1) is 12.6. The number of carbonyl (C=O) groups excluding carboxylic acids is 3. The minimum absolute atomic E-state index is 0.108. The molecule has 0 radical (unpaired) electrons. The summed E-state index contributed by atoms with van der Waals surface area (Å²) in [5, 5.41) is 11.4. The van der Waals surface area contributed by atoms with Gasteiger partial charge in [-0.15, -0.1) is 11.3 Å². The molecular weight excluding hydrogens is 364 g/mol. The van der Waals surface area contributed by atoms with Crippen molar-refractivity contribution in [2.75, 3.05) is 23.0 Å². The molecule has 4 N–H and O–H groups in total. The molecule has 2 rings (SSSR count). The average molecular weight is 388 g/mol. The molecule has 0 fully saturated rings. The summed E-state index contributed by atoms with van der Waals surface area (Å²) in [6, 6.07) is 8.30. The number of carbonyl (C=O) groups is 3. The second-order valence-corrected chi connectivity index (χ2v) is 8.12. The van der Waals surface area contributed by atoms with Gasteiger partial charge in [0.1, 0.15) is 0 Å². The molecule has 0 saturated heterocycles. The third-order valence-electron chi connectivity index (χ3n) is 3.65. The van der Waals surface area contributed by atoms with Gasteiger partial charge in [0.2, 0.25) is 5.91 Å². The fraction of sp³-hybridized carbons (Fsp3) is 0.316. The zero-order chi connectivity index (χ0) is 20.2. The van der Waals surface area contributed by atoms with Crippen LogP contribution in [-0.2, 0) is 4.79 Å². The Balaban J connectivity index is 2.11. The summed E-state index contributed by atoms with van der Waals surface area (Å²) in [4.78, 5) is 36.6. The van der Waals surface area contributed by atoms with E-state index in [1.807, 2.05) is 27.7 Å². The molecule has 144 valence electrons. The molecule has 2 aromatic rings. The normalized spacial score (nSPS) is 10.9. The summed E-state index contributed by atoms with van der Waals surface area (Å²) in [7, 11) is 1.52. The first kappa shape index (κ1) is 20.4. The van der Waals surface area contributed by atoms with Gasteiger partial charge in [0.15, 0.2) is 0 Å². The largest absolute Gasteiger partial charge is 0.341 e. The van der Waals surface area contributed by atoms with E-state index in [-0.39, 0.29) is 17.8 Å². The number of thiophene rings is 1. The lowest BCUT2D eigenvalue weighted by Gasteiger charge is -2.16. The van der Waals surface area contributed by atoms with Gasteiger partial charge in [-0.05, 0) is 36.8 Å². The zero-order valence-corrected chi connectivity index (χ0v) is 16.8. The van der Waals surface area contributed by atoms with Crippen LogP contribution < -0.4 is 21.3 Å². The van der Waals surface area contributed by atoms with Crippen LogP contribution in [0.4, 0.5) is 21.2 Å². The summed E-state index contributed by atoms with van der Waals surface area (Å²) < 4.78 is 0. The number of anilines is 3. The van der Waals surface area contributed by atoms with Crippen LogP contribution in [0.3, 0.4) is 0 Å². The Morgan fingerprint density at radius 1 is 0.963 bits per heavy atom. The second kappa shape index (κ2) is 8.22. The number of rotatable bonds is 4. The van der Waals surface area contributed by atoms with E-state index in [1.54, 1.807) is 30.3 Å². The van der Waals surface area contributed by atoms with Gasteiger partial charge in [0, 0.05) is 23.8 Å². The van der Waals surface area contributed by atoms with Crippen molar-refractivity contribution in [1.82, 2.24) is 5.32 Å². The Morgan fingerprint density at radius 3 is 2.19 bits per heavy atom. The SMILES string of the molecule is CNC(=O)Nc1cccc(NC(=O)c2sc(NC(=O)C(C)(C)C)cc2C)c1. The third kappa shape index (κ3) is 5.55. The van der Waals surface area contributed by atoms with E-state index in [0.29, 0.717) is 21.3 Å². The molecule has 0 aliphatic rings. The predicted molar refractivity (Wildman–Crippen MR) is 110 cm³/mol. The van der Waals surface area contributed by atoms with Gasteiger partial charge in [0.25, 0.3) is 5.91 Å². The fourth-order valence-corrected chi connectivity index (χ4v) is 3.09. The monoisotopic (exact) mass is 388 g/mol. The number of hydrogen-bond donors (Lipinski definition) is 4. The highest BCUT2D eigenvalue weighted by molar-refractivity contribution is 7.18. The number of benzene rings is 1. The van der Waals surface area contributed by atoms with Crippen LogP contribution >= 0.6 is 11.3 Å². The van der Waals surface area contributed by atoms with Crippen LogP contribution in [0.1, 0.15) is 36.0 Å². The molecule has 0 aliphatic heterocycles. The molecular formula is C19H24N4O3S. The van der Waals surface area contributed by atoms with Gasteiger partial charge in [-0.2, -0.15) is 0 Å². The molecule has 4 amide bonds. The van der Waals surface area contributed by atoms with Crippen LogP contribution in [-0.4, -0.2) is 24.9 Å². The van der Waals surface area contributed by atoms with Crippen LogP contribution in [0.5, 0.6) is 0 Å². The van der Waals surface area contributed by atoms with Gasteiger partial charge in [-0.3, -0.25) is 9.59 Å². The number of nitrogens with one attached hydrogen (secondary N) is 4. The van der Waals surface area contributed by atoms with E-state index in [0.717, 1.165) is 5.56 Å². The maximum Gasteiger partial charge on any atom is 0.318 e. The van der Waals surface area contributed by atoms with Crippen LogP contribution in [0.2, 0.25) is 0 Å². The number of aryl methyl sites for hydroxylation is 1. The molecule has 1 heterocycles. The van der Waals surface area contributed by atoms with Crippen LogP contribution in [0.25, 0.3) is 0 Å². The zero-order valence-electron chi connectivity index (χ0n) is 16.0. The Morgan fingerprint density at radius 2 is 1.59 bits per heavy atom. The standard InChI is InChI=1S/C19H24N4O3S/c1-11-9-14(23-17(25)19(2,3)4)27-15(11)16(24)21-12-7-6-8-13(10-12)22-18(26)20-5/h6-10H,1-5H3,(H,21,24)(H,23,25)(H2,20,22,26). The summed E-state index contributed by atoms with van der Waals surface area (Å²) in [6.45, 7) is 7.31. The van der Waals surface area contributed by atoms with Crippen LogP contribution in [0, 0.1) is 12.3 Å². The molecule has 0 saturated carbocycles. The second-order valence-electron chi connectivity index (χ2n) is 7.07. The molecule has 7 nitrogen and oxygen atoms in total. The highest BCUT2D eigenvalue weighted by atomic mass is 32.1. The molecule has 0 atom stereocenters. The van der Waals surface area contributed by atoms with Gasteiger partial charge < -0.3 is 21.3 Å². The molecule has 1 aromatic carbocycles. The lowest BCUT2D eigenvalue weighted by atomic mass is 9.96. The average Bonchev–Trinajstić information content (AvgIpc) is 2.94. The molecule has 1 aromatic heterocycles. The molecule has 0 unspecified atom stereocenters. The van der Waals surface area contributed by atoms with Gasteiger partial charge in [-0.25, -0.2) is 4.79 Å². The van der Waals surface area contributed by atoms with Gasteiger partial charge >= 0.3 is 6.03 Å². The van der Waals surface area contributed by atoms with Crippen molar-refractivity contribution in [2.24, 2.45) is 5.41 Å². The topological polar surface area (TPSA) is 99.3 Å². The minimum atomic E-state index is -0.515. The summed E-state index contributed by atoms with van der Waals surface area (Å²) in [5.74, 6) is -0.380. The first-order valence-corrected chi connectivity index (χ1v) is 9.24. The smallest absolute Gasteiger partial charge is 0.318 e. The van der Waals surface area contributed by atoms with Gasteiger partial charge in [-0.1, -0.05) is 26.8 Å². The third-order valence-corrected chi connectivity index (χ3v) is 4.80. The maximum atomic E-state index is 12.6. The lowest BCUT2D eigenvalue weighted by molar-refractivity contribution is -0.123. The minimum Gasteiger partial charge on any atom is -0.341 e. The van der Waals surface area contributed by atoms with Crippen molar-refractivity contribution in [3.63, 3.8) is 0 Å². The fourth-order valence-electron chi connectivity index (χ4n) is 2.12. The van der Waals surface area contributed by atoms with E-state index in [1.165, 1.54) is 18.4 Å². The quantitative estimate of drug-likeness (QED) is 0.636. The lowest BCUT2D eigenvalue weighted by Crippen LogP contribution is -2.27. The van der Waals surface area contributed by atoms with Crippen molar-refractivity contribution in [3.05, 3.63) is 40.8 Å². The van der Waals surface area contributed by atoms with Crippen molar-refractivity contribution in [2.45, 2.75) is 27.7 Å². The van der Waals surface area contributed by atoms with Crippen molar-refractivity contribution in [3.8, 4) is 0 Å². The van der Waals surface area contributed by atoms with E-state index in [4.69, 9.17) is 0 Å². The van der Waals surface area contributed by atoms with Gasteiger partial charge in [0.05, 0.1) is 9.88 Å². The maximum absolute atomic E-state index is 12.6. The highest BCUT2D eigenvalue weighted by Gasteiger charge is 2.23. The Hall–Kier alpha value is -2.87. The molecule has 8 heteroatoms. The highest BCUT2D eigenvalue weighted by Crippen LogP contribution is 2.29. The number of amides is 4. The Bertz CT molecular complexity index is 868. The molecule has 0 spiro atoms. The van der Waals surface area contributed by atoms with Crippen molar-refractivity contribution < 1.29 is 14.4 Å². The number of hydrogen-bond acceptors (Lipinski definition) is 4. The number of urea groups is 1. The Kier molecular flexibility index (Phi) is 6.22. The Labute approximate surface area is 162 Å². The molecule has 0 bridgehead atoms. The molecule has 27 heavy (non-hydrogen) atoms. The summed E-state index contributed by atoms with van der Waals surface area (Å²) in [6.07, 6.45) is 0. The van der Waals surface area contributed by atoms with Crippen LogP contribution in [0.15, 0.2) is 30.3 Å². The first-order valence-electron chi connectivity index (χ1n) is 8.42. The van der Waals surface area contributed by atoms with Crippen molar-refractivity contribution >= 4 is 45.6 Å². The predicted octanol–water partition coefficient (Wildman–Crippen LogP) is 4.04. The van der Waals surface area contributed by atoms with E-state index in [9.17, 15) is 14.4 Å². The van der Waals surface area contributed by atoms with E-state index < -0.39 is 5.41 Å². The molecule has 0 aliphatic carbocycles. The summed E-state index contributed by atoms with van der Waals surface area (Å²) in [5.41, 5.74) is 1.38. The summed E-state index contributed by atoms with van der Waals surface area (Å²) >= 11 is 1.23. The van der Waals surface area contributed by atoms with Crippen molar-refractivity contribution in [1.29, 1.82) is 0 Å². The van der Waals surface area contributed by atoms with E-state index in [2.05, 4.69) is 21.3 Å².